The van der Waals surface area contributed by atoms with E-state index in [1.807, 2.05) is 40.0 Å². The number of ether oxygens (including phenoxy) is 8. The number of rotatable bonds is 32. The molecule has 1 N–H and O–H groups in total. The van der Waals surface area contributed by atoms with Crippen LogP contribution in [0.4, 0.5) is 8.78 Å². The van der Waals surface area contributed by atoms with Gasteiger partial charge in [-0.2, -0.15) is 14.8 Å². The summed E-state index contributed by atoms with van der Waals surface area (Å²) in [6.45, 7) is 12.3. The van der Waals surface area contributed by atoms with Crippen LogP contribution >= 0.6 is 22.7 Å². The van der Waals surface area contributed by atoms with Gasteiger partial charge in [0, 0.05) is 26.6 Å². The summed E-state index contributed by atoms with van der Waals surface area (Å²) in [4.78, 5) is 33.9. The normalized spacial score (nSPS) is 15.4. The topological polar surface area (TPSA) is 158 Å². The van der Waals surface area contributed by atoms with Crippen molar-refractivity contribution in [1.82, 2.24) is 0 Å². The van der Waals surface area contributed by atoms with E-state index in [9.17, 15) is 4.79 Å². The van der Waals surface area contributed by atoms with Crippen LogP contribution in [0.5, 0.6) is 5.75 Å². The zero-order valence-corrected chi connectivity index (χ0v) is 43.6. The van der Waals surface area contributed by atoms with E-state index in [1.165, 1.54) is 55.1 Å². The smallest absolute Gasteiger partial charge is 0.870 e. The molecule has 0 amide bonds. The number of thiophene rings is 2. The Kier molecular flexibility index (Phi) is 27.7. The first-order valence-corrected chi connectivity index (χ1v) is 21.0. The number of carbonyl (C=O) groups excluding carboxylic acids is 1. The summed E-state index contributed by atoms with van der Waals surface area (Å²) >= 11 is 2.89. The minimum absolute atomic E-state index is 0. The zero-order valence-electron chi connectivity index (χ0n) is 35.7. The van der Waals surface area contributed by atoms with Gasteiger partial charge in [0.05, 0.1) is 123 Å². The van der Waals surface area contributed by atoms with E-state index >= 15 is 8.78 Å². The molecule has 3 aromatic rings. The summed E-state index contributed by atoms with van der Waals surface area (Å²) in [5, 5.41) is 0. The maximum absolute atomic E-state index is 17.7. The molecule has 1 atom stereocenters. The fourth-order valence-electron chi connectivity index (χ4n) is 6.02. The molecule has 0 bridgehead atoms. The van der Waals surface area contributed by atoms with Gasteiger partial charge < -0.3 is 48.2 Å². The molecule has 2 aromatic heterocycles. The predicted molar refractivity (Wildman–Crippen MR) is 216 cm³/mol. The van der Waals surface area contributed by atoms with Gasteiger partial charge in [0.1, 0.15) is 13.2 Å². The average molecular weight is 1010 g/mol. The van der Waals surface area contributed by atoms with Gasteiger partial charge in [-0.25, -0.2) is 19.6 Å². The van der Waals surface area contributed by atoms with Crippen molar-refractivity contribution in [3.05, 3.63) is 62.3 Å². The molecular weight excluding hydrogens is 951 g/mol. The summed E-state index contributed by atoms with van der Waals surface area (Å²) in [6, 6.07) is 7.88. The number of benzene rings is 1. The van der Waals surface area contributed by atoms with Crippen molar-refractivity contribution in [1.29, 1.82) is 0 Å². The molecule has 0 saturated heterocycles. The Hall–Kier alpha value is -0.478. The minimum Gasteiger partial charge on any atom is -0.870 e. The maximum atomic E-state index is 17.7. The third-order valence-corrected chi connectivity index (χ3v) is 11.9. The molecule has 0 fully saturated rings. The van der Waals surface area contributed by atoms with Gasteiger partial charge in [-0.3, -0.25) is 0 Å². The number of hydrogen-bond donors (Lipinski definition) is 0. The second-order valence-corrected chi connectivity index (χ2v) is 15.7. The van der Waals surface area contributed by atoms with Gasteiger partial charge in [-0.15, -0.1) is 28.2 Å². The second-order valence-electron chi connectivity index (χ2n) is 13.5. The van der Waals surface area contributed by atoms with Crippen LogP contribution in [0, 0.1) is 0 Å². The van der Waals surface area contributed by atoms with E-state index < -0.39 is 11.5 Å². The Morgan fingerprint density at radius 3 is 1.47 bits per heavy atom. The molecule has 1 aromatic carbocycles. The van der Waals surface area contributed by atoms with E-state index in [0.717, 1.165) is 14.6 Å². The van der Waals surface area contributed by atoms with E-state index in [-0.39, 0.29) is 148 Å². The molecule has 0 spiro atoms. The quantitative estimate of drug-likeness (QED) is 0.0383. The molecular formula is C41H58CsF2O14S2-. The first kappa shape index (κ1) is 55.7. The van der Waals surface area contributed by atoms with Crippen molar-refractivity contribution in [2.45, 2.75) is 51.1 Å². The molecule has 0 saturated carbocycles. The predicted octanol–water partition coefficient (Wildman–Crippen LogP) is 4.01. The second kappa shape index (κ2) is 29.9. The van der Waals surface area contributed by atoms with Crippen LogP contribution in [0.3, 0.4) is 0 Å². The Bertz CT molecular complexity index is 1640. The van der Waals surface area contributed by atoms with Gasteiger partial charge in [0.25, 0.3) is 0 Å². The van der Waals surface area contributed by atoms with E-state index in [2.05, 4.69) is 9.78 Å². The first-order valence-electron chi connectivity index (χ1n) is 19.4. The third-order valence-electron chi connectivity index (χ3n) is 8.88. The Morgan fingerprint density at radius 1 is 0.600 bits per heavy atom. The summed E-state index contributed by atoms with van der Waals surface area (Å²) in [6.07, 6.45) is 1.90. The van der Waals surface area contributed by atoms with E-state index in [1.54, 1.807) is 6.07 Å². The fourth-order valence-corrected chi connectivity index (χ4v) is 8.59. The van der Waals surface area contributed by atoms with E-state index in [4.69, 9.17) is 47.7 Å². The molecule has 1 aliphatic carbocycles. The van der Waals surface area contributed by atoms with Gasteiger partial charge >= 0.3 is 74.8 Å². The third kappa shape index (κ3) is 15.6. The van der Waals surface area contributed by atoms with Gasteiger partial charge in [0.15, 0.2) is 5.60 Å². The molecule has 1 aliphatic rings. The van der Waals surface area contributed by atoms with Crippen molar-refractivity contribution in [3.63, 3.8) is 0 Å². The van der Waals surface area contributed by atoms with Crippen LogP contribution in [0.1, 0.15) is 71.5 Å². The summed E-state index contributed by atoms with van der Waals surface area (Å²) in [5.41, 5.74) is -1.96. The van der Waals surface area contributed by atoms with Gasteiger partial charge in [0.2, 0.25) is 0 Å². The average Bonchev–Trinajstić information content (AvgIpc) is 3.87. The number of hydrogen-bond acceptors (Lipinski definition) is 16. The Balaban J connectivity index is 0.00000620. The van der Waals surface area contributed by atoms with Crippen molar-refractivity contribution < 1.29 is 145 Å². The monoisotopic (exact) mass is 1010 g/mol. The summed E-state index contributed by atoms with van der Waals surface area (Å²) in [5.74, 6) is -3.25. The van der Waals surface area contributed by atoms with Crippen molar-refractivity contribution in [2.24, 2.45) is 0 Å². The van der Waals surface area contributed by atoms with Crippen LogP contribution in [0.15, 0.2) is 30.3 Å². The first-order chi connectivity index (χ1) is 28.1. The summed E-state index contributed by atoms with van der Waals surface area (Å²) < 4.78 is 80.8. The van der Waals surface area contributed by atoms with Crippen molar-refractivity contribution in [3.8, 4) is 15.5 Å². The van der Waals surface area contributed by atoms with Crippen LogP contribution in [-0.2, 0) is 69.0 Å². The zero-order chi connectivity index (χ0) is 41.8. The Morgan fingerprint density at radius 2 is 1.02 bits per heavy atom. The van der Waals surface area contributed by atoms with Crippen LogP contribution in [0.2, 0.25) is 0 Å². The van der Waals surface area contributed by atoms with Crippen molar-refractivity contribution >= 4 is 29.0 Å². The molecule has 0 radical (unpaired) electrons. The van der Waals surface area contributed by atoms with Crippen LogP contribution in [-0.4, -0.2) is 132 Å². The largest absolute Gasteiger partial charge is 1.00 e. The summed E-state index contributed by atoms with van der Waals surface area (Å²) in [7, 11) is 2.86. The standard InChI is InChI=1S/C41H57F2O13S2.Cs.H2O/c1-29(2)36-26-33-38(57-36)39-34(27-37(58-39)30(3)4)41(42,43)40(33,54-22-18-50-14-10-48-12-16-52-20-24-56-46-6)32-7-8-35(31(25-32)28-44)53-21-17-49-13-9-47-11-15-51-19-23-55-45-5;;/h7-8,25-27,29-30H,9-24H2,1-6H3;;1H2/q-1;+1;/p-1. The molecule has 334 valence electrons. The van der Waals surface area contributed by atoms with Crippen LogP contribution in [0.25, 0.3) is 9.75 Å². The fraction of sp³-hybridized carbons (Fsp3) is 0.634. The molecule has 1 unspecified atom stereocenters. The molecule has 2 heterocycles. The van der Waals surface area contributed by atoms with Gasteiger partial charge in [-0.1, -0.05) is 45.4 Å². The minimum atomic E-state index is -3.55. The maximum Gasteiger partial charge on any atom is 1.00 e. The van der Waals surface area contributed by atoms with Crippen molar-refractivity contribution in [2.75, 3.05) is 120 Å². The van der Waals surface area contributed by atoms with Crippen LogP contribution < -0.4 is 73.6 Å². The number of fused-ring (bicyclic) bond motifs is 3. The number of alkyl halides is 2. The molecule has 19 heteroatoms. The molecule has 4 rings (SSSR count). The SMILES string of the molecule is COOCCOCCOCCOCCOc1ccc(C2(OCCOCCOCCOCCOOC)c3cc(C(C)C)sc3-c3sc(C(C)C)cc3C2(F)F)cc1[C-]=O.[Cs+].[OH-]. The molecule has 0 aliphatic heterocycles. The Labute approximate surface area is 418 Å². The van der Waals surface area contributed by atoms with Gasteiger partial charge in [-0.05, 0) is 24.0 Å². The molecule has 60 heavy (non-hydrogen) atoms. The molecule has 14 nitrogen and oxygen atoms in total. The number of halogens is 2. The van der Waals surface area contributed by atoms with E-state index in [0.29, 0.717) is 76.5 Å².